The molecule has 4 heteroatoms. The molecule has 19 heavy (non-hydrogen) atoms. The molecular weight excluding hydrogens is 238 g/mol. The second-order valence-corrected chi connectivity index (χ2v) is 4.24. The fourth-order valence-electron chi connectivity index (χ4n) is 1.83. The maximum absolute atomic E-state index is 9.07. The van der Waals surface area contributed by atoms with E-state index in [0.717, 1.165) is 23.2 Å². The van der Waals surface area contributed by atoms with E-state index in [-0.39, 0.29) is 6.61 Å². The van der Waals surface area contributed by atoms with Crippen LogP contribution in [0.4, 0.5) is 0 Å². The SMILES string of the molecule is N#Cc1cc(CNCc2cccc(CO)c2)ccn1. The van der Waals surface area contributed by atoms with Crippen LogP contribution >= 0.6 is 0 Å². The van der Waals surface area contributed by atoms with Crippen LogP contribution in [0.15, 0.2) is 42.6 Å². The van der Waals surface area contributed by atoms with Crippen molar-refractivity contribution >= 4 is 0 Å². The summed E-state index contributed by atoms with van der Waals surface area (Å²) in [5.74, 6) is 0. The maximum Gasteiger partial charge on any atom is 0.140 e. The zero-order valence-corrected chi connectivity index (χ0v) is 10.5. The van der Waals surface area contributed by atoms with Gasteiger partial charge in [0.1, 0.15) is 11.8 Å². The van der Waals surface area contributed by atoms with Crippen LogP contribution in [-0.2, 0) is 19.7 Å². The van der Waals surface area contributed by atoms with E-state index in [1.54, 1.807) is 12.3 Å². The molecule has 4 nitrogen and oxygen atoms in total. The molecule has 0 aliphatic rings. The molecule has 0 saturated heterocycles. The molecule has 0 aliphatic carbocycles. The molecular formula is C15H15N3O. The van der Waals surface area contributed by atoms with Gasteiger partial charge in [0.05, 0.1) is 6.61 Å². The van der Waals surface area contributed by atoms with Gasteiger partial charge in [-0.05, 0) is 28.8 Å². The Labute approximate surface area is 112 Å². The second-order valence-electron chi connectivity index (χ2n) is 4.24. The first-order chi connectivity index (χ1) is 9.31. The molecule has 0 unspecified atom stereocenters. The zero-order valence-electron chi connectivity index (χ0n) is 10.5. The summed E-state index contributed by atoms with van der Waals surface area (Å²) in [7, 11) is 0. The lowest BCUT2D eigenvalue weighted by molar-refractivity contribution is 0.281. The third-order valence-corrected chi connectivity index (χ3v) is 2.77. The van der Waals surface area contributed by atoms with Crippen LogP contribution in [0.25, 0.3) is 0 Å². The summed E-state index contributed by atoms with van der Waals surface area (Å²) in [5.41, 5.74) is 3.50. The standard InChI is InChI=1S/C15H15N3O/c16-8-15-7-13(4-5-18-15)10-17-9-12-2-1-3-14(6-12)11-19/h1-7,17,19H,9-11H2. The smallest absolute Gasteiger partial charge is 0.140 e. The van der Waals surface area contributed by atoms with E-state index in [2.05, 4.69) is 10.3 Å². The van der Waals surface area contributed by atoms with Crippen LogP contribution in [-0.4, -0.2) is 10.1 Å². The molecule has 1 aromatic carbocycles. The Morgan fingerprint density at radius 3 is 2.58 bits per heavy atom. The van der Waals surface area contributed by atoms with Gasteiger partial charge in [-0.15, -0.1) is 0 Å². The van der Waals surface area contributed by atoms with Crippen molar-refractivity contribution in [2.45, 2.75) is 19.7 Å². The van der Waals surface area contributed by atoms with Crippen molar-refractivity contribution in [3.63, 3.8) is 0 Å². The van der Waals surface area contributed by atoms with E-state index < -0.39 is 0 Å². The normalized spacial score (nSPS) is 10.1. The number of aliphatic hydroxyl groups excluding tert-OH is 1. The molecule has 0 atom stereocenters. The van der Waals surface area contributed by atoms with E-state index in [9.17, 15) is 0 Å². The molecule has 0 fully saturated rings. The molecule has 0 aliphatic heterocycles. The van der Waals surface area contributed by atoms with E-state index in [1.807, 2.05) is 36.4 Å². The van der Waals surface area contributed by atoms with Gasteiger partial charge in [0.15, 0.2) is 0 Å². The van der Waals surface area contributed by atoms with E-state index in [4.69, 9.17) is 10.4 Å². The van der Waals surface area contributed by atoms with Crippen LogP contribution in [0.3, 0.4) is 0 Å². The van der Waals surface area contributed by atoms with Gasteiger partial charge in [0.2, 0.25) is 0 Å². The predicted octanol–water partition coefficient (Wildman–Crippen LogP) is 1.74. The van der Waals surface area contributed by atoms with Gasteiger partial charge in [-0.3, -0.25) is 0 Å². The lowest BCUT2D eigenvalue weighted by atomic mass is 10.1. The number of hydrogen-bond donors (Lipinski definition) is 2. The minimum Gasteiger partial charge on any atom is -0.392 e. The Kier molecular flexibility index (Phi) is 4.62. The van der Waals surface area contributed by atoms with Gasteiger partial charge in [0.25, 0.3) is 0 Å². The van der Waals surface area contributed by atoms with Crippen LogP contribution in [0, 0.1) is 11.3 Å². The summed E-state index contributed by atoms with van der Waals surface area (Å²) < 4.78 is 0. The number of nitrogens with one attached hydrogen (secondary N) is 1. The summed E-state index contributed by atoms with van der Waals surface area (Å²) in [4.78, 5) is 3.93. The number of hydrogen-bond acceptors (Lipinski definition) is 4. The summed E-state index contributed by atoms with van der Waals surface area (Å²) in [6.07, 6.45) is 1.64. The summed E-state index contributed by atoms with van der Waals surface area (Å²) >= 11 is 0. The number of rotatable bonds is 5. The first kappa shape index (κ1) is 13.2. The number of pyridine rings is 1. The van der Waals surface area contributed by atoms with E-state index in [1.165, 1.54) is 0 Å². The van der Waals surface area contributed by atoms with Crippen molar-refractivity contribution in [1.29, 1.82) is 5.26 Å². The van der Waals surface area contributed by atoms with Gasteiger partial charge in [-0.1, -0.05) is 24.3 Å². The lowest BCUT2D eigenvalue weighted by Crippen LogP contribution is -2.13. The first-order valence-corrected chi connectivity index (χ1v) is 6.06. The molecule has 1 heterocycles. The van der Waals surface area contributed by atoms with Crippen LogP contribution < -0.4 is 5.32 Å². The minimum atomic E-state index is 0.0593. The maximum atomic E-state index is 9.07. The largest absolute Gasteiger partial charge is 0.392 e. The molecule has 96 valence electrons. The van der Waals surface area contributed by atoms with E-state index in [0.29, 0.717) is 12.2 Å². The molecule has 0 amide bonds. The zero-order chi connectivity index (χ0) is 13.5. The number of nitrogens with zero attached hydrogens (tertiary/aromatic N) is 2. The van der Waals surface area contributed by atoms with Gasteiger partial charge < -0.3 is 10.4 Å². The Bertz CT molecular complexity index is 590. The van der Waals surface area contributed by atoms with Crippen LogP contribution in [0.2, 0.25) is 0 Å². The van der Waals surface area contributed by atoms with Crippen molar-refractivity contribution in [2.24, 2.45) is 0 Å². The number of nitriles is 1. The average molecular weight is 253 g/mol. The number of aliphatic hydroxyl groups is 1. The van der Waals surface area contributed by atoms with Crippen molar-refractivity contribution in [1.82, 2.24) is 10.3 Å². The molecule has 0 saturated carbocycles. The molecule has 0 bridgehead atoms. The third kappa shape index (κ3) is 3.88. The average Bonchev–Trinajstić information content (AvgIpc) is 2.48. The summed E-state index contributed by atoms with van der Waals surface area (Å²) in [6, 6.07) is 13.5. The van der Waals surface area contributed by atoms with Crippen molar-refractivity contribution in [3.05, 3.63) is 65.0 Å². The highest BCUT2D eigenvalue weighted by Gasteiger charge is 1.98. The topological polar surface area (TPSA) is 68.9 Å². The molecule has 2 N–H and O–H groups in total. The highest BCUT2D eigenvalue weighted by atomic mass is 16.3. The van der Waals surface area contributed by atoms with Gasteiger partial charge in [-0.25, -0.2) is 4.98 Å². The first-order valence-electron chi connectivity index (χ1n) is 6.06. The van der Waals surface area contributed by atoms with Gasteiger partial charge >= 0.3 is 0 Å². The minimum absolute atomic E-state index is 0.0593. The Morgan fingerprint density at radius 1 is 1.11 bits per heavy atom. The van der Waals surface area contributed by atoms with Crippen molar-refractivity contribution in [3.8, 4) is 6.07 Å². The van der Waals surface area contributed by atoms with E-state index >= 15 is 0 Å². The third-order valence-electron chi connectivity index (χ3n) is 2.77. The fraction of sp³-hybridized carbons (Fsp3) is 0.200. The molecule has 2 aromatic rings. The lowest BCUT2D eigenvalue weighted by Gasteiger charge is -2.06. The van der Waals surface area contributed by atoms with Crippen LogP contribution in [0.5, 0.6) is 0 Å². The van der Waals surface area contributed by atoms with Gasteiger partial charge in [0, 0.05) is 19.3 Å². The molecule has 2 rings (SSSR count). The summed E-state index contributed by atoms with van der Waals surface area (Å²) in [6.45, 7) is 1.46. The fourth-order valence-corrected chi connectivity index (χ4v) is 1.83. The second kappa shape index (κ2) is 6.64. The Hall–Kier alpha value is -2.22. The van der Waals surface area contributed by atoms with Crippen LogP contribution in [0.1, 0.15) is 22.4 Å². The number of aromatic nitrogens is 1. The number of benzene rings is 1. The highest BCUT2D eigenvalue weighted by Crippen LogP contribution is 2.06. The Balaban J connectivity index is 1.90. The summed E-state index contributed by atoms with van der Waals surface area (Å²) in [5, 5.41) is 21.1. The molecule has 0 spiro atoms. The quantitative estimate of drug-likeness (QED) is 0.851. The molecule has 0 radical (unpaired) electrons. The Morgan fingerprint density at radius 2 is 1.84 bits per heavy atom. The molecule has 1 aromatic heterocycles. The monoisotopic (exact) mass is 253 g/mol. The highest BCUT2D eigenvalue weighted by molar-refractivity contribution is 5.26. The van der Waals surface area contributed by atoms with Crippen molar-refractivity contribution in [2.75, 3.05) is 0 Å². The predicted molar refractivity (Wildman–Crippen MR) is 71.9 cm³/mol. The van der Waals surface area contributed by atoms with Crippen molar-refractivity contribution < 1.29 is 5.11 Å². The van der Waals surface area contributed by atoms with Gasteiger partial charge in [-0.2, -0.15) is 5.26 Å².